The van der Waals surface area contributed by atoms with Crippen molar-refractivity contribution in [1.29, 1.82) is 0 Å². The smallest absolute Gasteiger partial charge is 0.249 e. The van der Waals surface area contributed by atoms with Crippen LogP contribution in [0, 0.1) is 0 Å². The van der Waals surface area contributed by atoms with E-state index in [0.29, 0.717) is 37.4 Å². The first-order chi connectivity index (χ1) is 14.7. The fourth-order valence-electron chi connectivity index (χ4n) is 3.87. The summed E-state index contributed by atoms with van der Waals surface area (Å²) < 4.78 is 14.5. The molecule has 3 aromatic heterocycles. The summed E-state index contributed by atoms with van der Waals surface area (Å²) in [7, 11) is 0. The zero-order valence-corrected chi connectivity index (χ0v) is 16.7. The molecule has 0 spiro atoms. The number of amides is 1. The molecule has 0 aliphatic carbocycles. The van der Waals surface area contributed by atoms with Crippen molar-refractivity contribution < 1.29 is 14.3 Å². The standard InChI is InChI=1S/C20H25N7O3/c28-19(14-25-5-9-30-10-6-25)23-20-22-18-2-1-15(12-27(18)24-20)16-11-21-26(13-16)17-3-7-29-8-4-17/h1-2,11-13,17H,3-10,14H2,(H,23,24,28). The van der Waals surface area contributed by atoms with Gasteiger partial charge in [-0.25, -0.2) is 4.52 Å². The van der Waals surface area contributed by atoms with Crippen LogP contribution >= 0.6 is 0 Å². The van der Waals surface area contributed by atoms with Gasteiger partial charge in [-0.15, -0.1) is 5.10 Å². The van der Waals surface area contributed by atoms with Gasteiger partial charge in [0.25, 0.3) is 0 Å². The third kappa shape index (κ3) is 4.20. The minimum atomic E-state index is -0.120. The summed E-state index contributed by atoms with van der Waals surface area (Å²) in [6.45, 7) is 4.72. The average Bonchev–Trinajstić information content (AvgIpc) is 3.41. The number of carbonyl (C=O) groups is 1. The van der Waals surface area contributed by atoms with Crippen molar-refractivity contribution in [1.82, 2.24) is 29.3 Å². The fourth-order valence-corrected chi connectivity index (χ4v) is 3.87. The highest BCUT2D eigenvalue weighted by molar-refractivity contribution is 5.90. The maximum absolute atomic E-state index is 12.3. The molecule has 3 aromatic rings. The molecule has 0 radical (unpaired) electrons. The van der Waals surface area contributed by atoms with E-state index in [0.717, 1.165) is 50.3 Å². The van der Waals surface area contributed by atoms with Gasteiger partial charge >= 0.3 is 0 Å². The monoisotopic (exact) mass is 411 g/mol. The number of hydrogen-bond donors (Lipinski definition) is 1. The van der Waals surface area contributed by atoms with Gasteiger partial charge in [0.15, 0.2) is 5.65 Å². The Balaban J connectivity index is 1.28. The van der Waals surface area contributed by atoms with Crippen molar-refractivity contribution in [2.45, 2.75) is 18.9 Å². The molecular formula is C20H25N7O3. The van der Waals surface area contributed by atoms with E-state index in [1.807, 2.05) is 29.2 Å². The number of fused-ring (bicyclic) bond motifs is 1. The maximum Gasteiger partial charge on any atom is 0.249 e. The first-order valence-corrected chi connectivity index (χ1v) is 10.3. The van der Waals surface area contributed by atoms with Crippen LogP contribution in [0.3, 0.4) is 0 Å². The zero-order chi connectivity index (χ0) is 20.3. The van der Waals surface area contributed by atoms with E-state index in [9.17, 15) is 4.79 Å². The SMILES string of the molecule is O=C(CN1CCOCC1)Nc1nc2ccc(-c3cnn(C4CCOCC4)c3)cn2n1. The van der Waals surface area contributed by atoms with Gasteiger partial charge in [-0.05, 0) is 25.0 Å². The second-order valence-corrected chi connectivity index (χ2v) is 7.65. The van der Waals surface area contributed by atoms with Gasteiger partial charge in [-0.3, -0.25) is 19.7 Å². The average molecular weight is 411 g/mol. The molecule has 2 saturated heterocycles. The number of nitrogens with zero attached hydrogens (tertiary/aromatic N) is 6. The Kier molecular flexibility index (Phi) is 5.43. The largest absolute Gasteiger partial charge is 0.381 e. The van der Waals surface area contributed by atoms with E-state index in [1.54, 1.807) is 4.52 Å². The van der Waals surface area contributed by atoms with Crippen molar-refractivity contribution in [3.05, 3.63) is 30.7 Å². The van der Waals surface area contributed by atoms with Crippen molar-refractivity contribution in [2.75, 3.05) is 51.4 Å². The highest BCUT2D eigenvalue weighted by atomic mass is 16.5. The van der Waals surface area contributed by atoms with Gasteiger partial charge < -0.3 is 9.47 Å². The number of pyridine rings is 1. The van der Waals surface area contributed by atoms with E-state index in [1.165, 1.54) is 0 Å². The van der Waals surface area contributed by atoms with Gasteiger partial charge in [0.05, 0.1) is 32.0 Å². The van der Waals surface area contributed by atoms with Crippen molar-refractivity contribution in [2.24, 2.45) is 0 Å². The molecule has 0 bridgehead atoms. The molecule has 5 rings (SSSR count). The Morgan fingerprint density at radius 2 is 1.87 bits per heavy atom. The summed E-state index contributed by atoms with van der Waals surface area (Å²) in [5, 5.41) is 11.7. The summed E-state index contributed by atoms with van der Waals surface area (Å²) in [6.07, 6.45) is 7.82. The summed E-state index contributed by atoms with van der Waals surface area (Å²) in [4.78, 5) is 18.8. The minimum absolute atomic E-state index is 0.120. The molecule has 2 aliphatic heterocycles. The lowest BCUT2D eigenvalue weighted by molar-refractivity contribution is -0.118. The first-order valence-electron chi connectivity index (χ1n) is 10.3. The molecule has 0 atom stereocenters. The van der Waals surface area contributed by atoms with Gasteiger partial charge in [0.2, 0.25) is 11.9 Å². The second-order valence-electron chi connectivity index (χ2n) is 7.65. The van der Waals surface area contributed by atoms with Crippen LogP contribution in [0.2, 0.25) is 0 Å². The number of morpholine rings is 1. The Labute approximate surface area is 173 Å². The number of rotatable bonds is 5. The van der Waals surface area contributed by atoms with Crippen LogP contribution in [0.15, 0.2) is 30.7 Å². The minimum Gasteiger partial charge on any atom is -0.381 e. The Bertz CT molecular complexity index is 1020. The van der Waals surface area contributed by atoms with E-state index in [4.69, 9.17) is 9.47 Å². The Morgan fingerprint density at radius 3 is 2.70 bits per heavy atom. The Morgan fingerprint density at radius 1 is 1.07 bits per heavy atom. The number of anilines is 1. The molecular weight excluding hydrogens is 386 g/mol. The van der Waals surface area contributed by atoms with Gasteiger partial charge in [-0.2, -0.15) is 10.1 Å². The van der Waals surface area contributed by atoms with Crippen molar-refractivity contribution >= 4 is 17.5 Å². The van der Waals surface area contributed by atoms with Gasteiger partial charge in [-0.1, -0.05) is 0 Å². The molecule has 0 unspecified atom stereocenters. The molecule has 1 amide bonds. The summed E-state index contributed by atoms with van der Waals surface area (Å²) >= 11 is 0. The number of ether oxygens (including phenoxy) is 2. The molecule has 158 valence electrons. The molecule has 10 heteroatoms. The molecule has 0 aromatic carbocycles. The summed E-state index contributed by atoms with van der Waals surface area (Å²) in [5.41, 5.74) is 2.70. The molecule has 1 N–H and O–H groups in total. The second kappa shape index (κ2) is 8.50. The quantitative estimate of drug-likeness (QED) is 0.674. The normalized spacial score (nSPS) is 18.7. The van der Waals surface area contributed by atoms with Crippen molar-refractivity contribution in [3.8, 4) is 11.1 Å². The third-order valence-corrected chi connectivity index (χ3v) is 5.55. The lowest BCUT2D eigenvalue weighted by Crippen LogP contribution is -2.41. The highest BCUT2D eigenvalue weighted by Gasteiger charge is 2.18. The number of aromatic nitrogens is 5. The zero-order valence-electron chi connectivity index (χ0n) is 16.7. The van der Waals surface area contributed by atoms with Crippen LogP contribution in [-0.4, -0.2) is 81.2 Å². The van der Waals surface area contributed by atoms with Crippen molar-refractivity contribution in [3.63, 3.8) is 0 Å². The molecule has 0 saturated carbocycles. The number of hydrogen-bond acceptors (Lipinski definition) is 7. The lowest BCUT2D eigenvalue weighted by atomic mass is 10.1. The van der Waals surface area contributed by atoms with Gasteiger partial charge in [0, 0.05) is 49.8 Å². The predicted molar refractivity (Wildman–Crippen MR) is 109 cm³/mol. The molecule has 10 nitrogen and oxygen atoms in total. The third-order valence-electron chi connectivity index (χ3n) is 5.55. The van der Waals surface area contributed by atoms with Crippen LogP contribution in [-0.2, 0) is 14.3 Å². The summed E-state index contributed by atoms with van der Waals surface area (Å²) in [6, 6.07) is 4.27. The topological polar surface area (TPSA) is 98.8 Å². The molecule has 30 heavy (non-hydrogen) atoms. The Hall–Kier alpha value is -2.82. The predicted octanol–water partition coefficient (Wildman–Crippen LogP) is 1.21. The van der Waals surface area contributed by atoms with Crippen LogP contribution < -0.4 is 5.32 Å². The summed E-state index contributed by atoms with van der Waals surface area (Å²) in [5.74, 6) is 0.189. The highest BCUT2D eigenvalue weighted by Crippen LogP contribution is 2.24. The van der Waals surface area contributed by atoms with E-state index < -0.39 is 0 Å². The van der Waals surface area contributed by atoms with Crippen LogP contribution in [0.1, 0.15) is 18.9 Å². The lowest BCUT2D eigenvalue weighted by Gasteiger charge is -2.25. The molecule has 5 heterocycles. The van der Waals surface area contributed by atoms with E-state index in [-0.39, 0.29) is 5.91 Å². The van der Waals surface area contributed by atoms with Crippen LogP contribution in [0.4, 0.5) is 5.95 Å². The maximum atomic E-state index is 12.3. The first kappa shape index (κ1) is 19.2. The van der Waals surface area contributed by atoms with E-state index in [2.05, 4.69) is 31.6 Å². The van der Waals surface area contributed by atoms with Crippen LogP contribution in [0.25, 0.3) is 16.8 Å². The number of nitrogens with one attached hydrogen (secondary N) is 1. The van der Waals surface area contributed by atoms with E-state index >= 15 is 0 Å². The number of carbonyl (C=O) groups excluding carboxylic acids is 1. The molecule has 2 fully saturated rings. The molecule has 2 aliphatic rings. The van der Waals surface area contributed by atoms with Gasteiger partial charge in [0.1, 0.15) is 0 Å². The van der Waals surface area contributed by atoms with Crippen LogP contribution in [0.5, 0.6) is 0 Å². The fraction of sp³-hybridized carbons (Fsp3) is 0.500.